The zero-order valence-electron chi connectivity index (χ0n) is 23.2. The van der Waals surface area contributed by atoms with E-state index in [-0.39, 0.29) is 0 Å². The van der Waals surface area contributed by atoms with Crippen molar-refractivity contribution in [2.45, 2.75) is 72.5 Å². The van der Waals surface area contributed by atoms with Crippen LogP contribution in [0.5, 0.6) is 0 Å². The van der Waals surface area contributed by atoms with Crippen LogP contribution in [0.1, 0.15) is 57.2 Å². The fourth-order valence-electron chi connectivity index (χ4n) is 6.95. The summed E-state index contributed by atoms with van der Waals surface area (Å²) in [6.45, 7) is 16.5. The van der Waals surface area contributed by atoms with Crippen LogP contribution in [0, 0.1) is 13.8 Å². The molecule has 0 saturated heterocycles. The van der Waals surface area contributed by atoms with Crippen LogP contribution < -0.4 is 9.75 Å². The van der Waals surface area contributed by atoms with E-state index in [1.807, 2.05) is 0 Å². The highest BCUT2D eigenvalue weighted by Gasteiger charge is 2.32. The van der Waals surface area contributed by atoms with E-state index in [1.54, 1.807) is 5.19 Å². The molecule has 0 aliphatic carbocycles. The summed E-state index contributed by atoms with van der Waals surface area (Å²) in [6.07, 6.45) is 2.28. The van der Waals surface area contributed by atoms with E-state index in [2.05, 4.69) is 113 Å². The minimum Gasteiger partial charge on any atom is -0.307 e. The number of aromatic nitrogens is 2. The van der Waals surface area contributed by atoms with Crippen LogP contribution >= 0.6 is 0 Å². The number of rotatable bonds is 5. The van der Waals surface area contributed by atoms with Crippen molar-refractivity contribution in [3.05, 3.63) is 65.4 Å². The molecule has 0 aliphatic rings. The lowest BCUT2D eigenvalue weighted by Crippen LogP contribution is -2.45. The fraction of sp³-hybridized carbons (Fsp3) is 0.364. The number of fused-ring (bicyclic) bond motifs is 5. The molecule has 3 aromatic carbocycles. The van der Waals surface area contributed by atoms with Gasteiger partial charge in [0.05, 0.1) is 35.4 Å². The first-order valence-corrected chi connectivity index (χ1v) is 16.4. The Kier molecular flexibility index (Phi) is 5.25. The molecule has 3 aromatic heterocycles. The molecule has 0 aliphatic heterocycles. The van der Waals surface area contributed by atoms with E-state index >= 15 is 0 Å². The molecule has 0 bridgehead atoms. The third-order valence-corrected chi connectivity index (χ3v) is 15.2. The van der Waals surface area contributed by atoms with Gasteiger partial charge < -0.3 is 4.40 Å². The molecule has 0 spiro atoms. The molecule has 0 fully saturated rings. The van der Waals surface area contributed by atoms with Crippen LogP contribution in [0.2, 0.25) is 18.1 Å². The topological polar surface area (TPSA) is 8.29 Å². The van der Waals surface area contributed by atoms with Crippen LogP contribution in [-0.2, 0) is 7.05 Å². The van der Waals surface area contributed by atoms with Crippen molar-refractivity contribution in [3.8, 4) is 0 Å². The molecule has 36 heavy (non-hydrogen) atoms. The van der Waals surface area contributed by atoms with Gasteiger partial charge in [0.2, 0.25) is 5.52 Å². The largest absolute Gasteiger partial charge is 0.307 e. The van der Waals surface area contributed by atoms with Crippen molar-refractivity contribution in [2.24, 2.45) is 7.05 Å². The first-order chi connectivity index (χ1) is 17.3. The first kappa shape index (κ1) is 23.5. The van der Waals surface area contributed by atoms with Crippen molar-refractivity contribution in [1.29, 1.82) is 0 Å². The van der Waals surface area contributed by atoms with Gasteiger partial charge in [0.1, 0.15) is 7.05 Å². The SMILES string of the molecule is CC[Si](CC)(CC)c1cc2cc[n+](C)c3c4c(C)c(C)cc5c6cc(C(C)C)ccc6n(c(c1)c23)c54. The minimum absolute atomic E-state index is 0.513. The quantitative estimate of drug-likeness (QED) is 0.0992. The van der Waals surface area contributed by atoms with Gasteiger partial charge in [0.15, 0.2) is 6.20 Å². The molecular weight excluding hydrogens is 452 g/mol. The van der Waals surface area contributed by atoms with Gasteiger partial charge in [-0.3, -0.25) is 0 Å². The standard InChI is InChI=1S/C33H39N2Si/c1-9-36(10-2,11-3)25-17-24-14-15-34(8)33-30-22(7)21(6)16-27-26-18-23(20(4)5)12-13-28(26)35(32(27)30)29(19-25)31(24)33/h12-20H,9-11H2,1-8H3/q+1. The molecule has 0 unspecified atom stereocenters. The van der Waals surface area contributed by atoms with Crippen molar-refractivity contribution in [2.75, 3.05) is 0 Å². The average molecular weight is 492 g/mol. The van der Waals surface area contributed by atoms with Crippen LogP contribution in [-0.4, -0.2) is 12.5 Å². The zero-order valence-corrected chi connectivity index (χ0v) is 24.2. The summed E-state index contributed by atoms with van der Waals surface area (Å²) in [4.78, 5) is 0. The van der Waals surface area contributed by atoms with Crippen LogP contribution in [0.25, 0.3) is 49.0 Å². The van der Waals surface area contributed by atoms with Crippen molar-refractivity contribution >= 4 is 62.3 Å². The molecule has 6 rings (SSSR count). The second-order valence-corrected chi connectivity index (χ2v) is 16.7. The Labute approximate surface area is 215 Å². The summed E-state index contributed by atoms with van der Waals surface area (Å²) in [6, 6.07) is 21.0. The summed E-state index contributed by atoms with van der Waals surface area (Å²) < 4.78 is 4.98. The number of pyridine rings is 2. The molecular formula is C33H39N2Si+. The third kappa shape index (κ3) is 2.92. The monoisotopic (exact) mass is 491 g/mol. The lowest BCUT2D eigenvalue weighted by Gasteiger charge is -2.29. The molecule has 2 nitrogen and oxygen atoms in total. The fourth-order valence-corrected chi connectivity index (χ4v) is 10.6. The molecule has 184 valence electrons. The normalized spacial score (nSPS) is 13.0. The van der Waals surface area contributed by atoms with E-state index in [0.717, 1.165) is 0 Å². The second kappa shape index (κ2) is 8.04. The molecule has 0 atom stereocenters. The lowest BCUT2D eigenvalue weighted by molar-refractivity contribution is -0.643. The highest BCUT2D eigenvalue weighted by molar-refractivity contribution is 6.92. The molecule has 3 heterocycles. The number of aryl methyl sites for hydroxylation is 3. The maximum atomic E-state index is 2.62. The van der Waals surface area contributed by atoms with Gasteiger partial charge in [-0.25, -0.2) is 4.57 Å². The van der Waals surface area contributed by atoms with Crippen LogP contribution in [0.15, 0.2) is 48.7 Å². The highest BCUT2D eigenvalue weighted by atomic mass is 28.3. The van der Waals surface area contributed by atoms with Crippen molar-refractivity contribution in [3.63, 3.8) is 0 Å². The Morgan fingerprint density at radius 3 is 2.22 bits per heavy atom. The molecule has 3 heteroatoms. The molecule has 0 radical (unpaired) electrons. The average Bonchev–Trinajstić information content (AvgIpc) is 3.20. The predicted molar refractivity (Wildman–Crippen MR) is 160 cm³/mol. The van der Waals surface area contributed by atoms with E-state index < -0.39 is 8.07 Å². The van der Waals surface area contributed by atoms with Crippen molar-refractivity contribution < 1.29 is 4.57 Å². The van der Waals surface area contributed by atoms with Crippen LogP contribution in [0.3, 0.4) is 0 Å². The summed E-state index contributed by atoms with van der Waals surface area (Å²) in [5.74, 6) is 0.513. The maximum Gasteiger partial charge on any atom is 0.224 e. The van der Waals surface area contributed by atoms with E-state index in [1.165, 1.54) is 83.8 Å². The summed E-state index contributed by atoms with van der Waals surface area (Å²) >= 11 is 0. The smallest absolute Gasteiger partial charge is 0.224 e. The zero-order chi connectivity index (χ0) is 25.5. The van der Waals surface area contributed by atoms with E-state index in [4.69, 9.17) is 0 Å². The number of nitrogens with zero attached hydrogens (tertiary/aromatic N) is 2. The first-order valence-electron chi connectivity index (χ1n) is 13.8. The van der Waals surface area contributed by atoms with Gasteiger partial charge in [-0.15, -0.1) is 0 Å². The van der Waals surface area contributed by atoms with Gasteiger partial charge in [-0.1, -0.05) is 70.1 Å². The van der Waals surface area contributed by atoms with E-state index in [9.17, 15) is 0 Å². The molecule has 0 saturated carbocycles. The Bertz CT molecular complexity index is 1790. The van der Waals surface area contributed by atoms with Crippen molar-refractivity contribution in [1.82, 2.24) is 4.40 Å². The molecule has 0 N–H and O–H groups in total. The van der Waals surface area contributed by atoms with E-state index in [0.29, 0.717) is 5.92 Å². The number of hydrogen-bond acceptors (Lipinski definition) is 0. The predicted octanol–water partition coefficient (Wildman–Crippen LogP) is 8.27. The Hall–Kier alpha value is -2.91. The van der Waals surface area contributed by atoms with Crippen LogP contribution in [0.4, 0.5) is 0 Å². The van der Waals surface area contributed by atoms with Gasteiger partial charge in [-0.2, -0.15) is 0 Å². The third-order valence-electron chi connectivity index (χ3n) is 9.60. The Balaban J connectivity index is 1.96. The molecule has 6 aromatic rings. The summed E-state index contributed by atoms with van der Waals surface area (Å²) in [5, 5.41) is 8.61. The Morgan fingerprint density at radius 2 is 1.56 bits per heavy atom. The van der Waals surface area contributed by atoms with Gasteiger partial charge >= 0.3 is 0 Å². The second-order valence-electron chi connectivity index (χ2n) is 11.4. The highest BCUT2D eigenvalue weighted by Crippen LogP contribution is 2.42. The Morgan fingerprint density at radius 1 is 0.833 bits per heavy atom. The van der Waals surface area contributed by atoms with Gasteiger partial charge in [-0.05, 0) is 66.1 Å². The van der Waals surface area contributed by atoms with Gasteiger partial charge in [0.25, 0.3) is 0 Å². The minimum atomic E-state index is -1.55. The maximum absolute atomic E-state index is 2.62. The molecule has 0 amide bonds. The lowest BCUT2D eigenvalue weighted by atomic mass is 9.96. The summed E-state index contributed by atoms with van der Waals surface area (Å²) in [5.41, 5.74) is 9.67. The number of hydrogen-bond donors (Lipinski definition) is 0. The number of benzene rings is 3. The van der Waals surface area contributed by atoms with Gasteiger partial charge in [0, 0.05) is 16.8 Å². The summed E-state index contributed by atoms with van der Waals surface area (Å²) in [7, 11) is 0.670.